The zero-order valence-corrected chi connectivity index (χ0v) is 11.1. The number of esters is 1. The van der Waals surface area contributed by atoms with E-state index in [2.05, 4.69) is 16.6 Å². The third-order valence-corrected chi connectivity index (χ3v) is 1.97. The molecular weight excluding hydrogens is 222 g/mol. The molecule has 0 aliphatic rings. The van der Waals surface area contributed by atoms with Crippen molar-refractivity contribution in [3.8, 4) is 0 Å². The molecule has 0 spiro atoms. The lowest BCUT2D eigenvalue weighted by molar-refractivity contribution is -0.147. The average molecular weight is 243 g/mol. The van der Waals surface area contributed by atoms with Crippen LogP contribution >= 0.6 is 0 Å². The maximum Gasteiger partial charge on any atom is 0.408 e. The van der Waals surface area contributed by atoms with Gasteiger partial charge in [0, 0.05) is 0 Å². The molecule has 0 aliphatic carbocycles. The van der Waals surface area contributed by atoms with Crippen LogP contribution in [0.15, 0.2) is 12.7 Å². The molecule has 0 saturated carbocycles. The molecule has 0 aliphatic heterocycles. The van der Waals surface area contributed by atoms with E-state index in [1.165, 1.54) is 13.2 Å². The highest BCUT2D eigenvalue weighted by Crippen LogP contribution is 2.14. The van der Waals surface area contributed by atoms with Gasteiger partial charge in [-0.05, 0) is 34.1 Å². The van der Waals surface area contributed by atoms with Crippen LogP contribution in [0.5, 0.6) is 0 Å². The molecule has 1 atom stereocenters. The lowest BCUT2D eigenvalue weighted by atomic mass is 9.98. The van der Waals surface area contributed by atoms with Crippen LogP contribution in [0.4, 0.5) is 4.79 Å². The van der Waals surface area contributed by atoms with Crippen molar-refractivity contribution in [2.24, 2.45) is 0 Å². The number of rotatable bonds is 4. The molecule has 0 bridgehead atoms. The second-order valence-corrected chi connectivity index (χ2v) is 4.94. The molecule has 0 radical (unpaired) electrons. The van der Waals surface area contributed by atoms with E-state index in [4.69, 9.17) is 4.74 Å². The largest absolute Gasteiger partial charge is 0.467 e. The predicted molar refractivity (Wildman–Crippen MR) is 64.6 cm³/mol. The first kappa shape index (κ1) is 15.5. The lowest BCUT2D eigenvalue weighted by Crippen LogP contribution is -2.53. The summed E-state index contributed by atoms with van der Waals surface area (Å²) in [5.74, 6) is -0.539. The highest BCUT2D eigenvalue weighted by atomic mass is 16.6. The van der Waals surface area contributed by atoms with Gasteiger partial charge in [0.15, 0.2) is 0 Å². The molecule has 17 heavy (non-hydrogen) atoms. The van der Waals surface area contributed by atoms with Gasteiger partial charge < -0.3 is 14.8 Å². The Hall–Kier alpha value is -1.52. The molecule has 1 N–H and O–H groups in total. The van der Waals surface area contributed by atoms with Crippen LogP contribution in [-0.2, 0) is 14.3 Å². The number of ether oxygens (including phenoxy) is 2. The molecule has 0 unspecified atom stereocenters. The van der Waals surface area contributed by atoms with Crippen LogP contribution < -0.4 is 5.32 Å². The van der Waals surface area contributed by atoms with E-state index in [0.29, 0.717) is 0 Å². The lowest BCUT2D eigenvalue weighted by Gasteiger charge is -2.28. The van der Waals surface area contributed by atoms with Crippen molar-refractivity contribution in [3.05, 3.63) is 12.7 Å². The van der Waals surface area contributed by atoms with Crippen molar-refractivity contribution in [1.82, 2.24) is 5.32 Å². The quantitative estimate of drug-likeness (QED) is 0.606. The Labute approximate surface area is 102 Å². The van der Waals surface area contributed by atoms with Gasteiger partial charge in [0.25, 0.3) is 0 Å². The van der Waals surface area contributed by atoms with E-state index in [0.717, 1.165) is 0 Å². The maximum atomic E-state index is 11.6. The number of carbonyl (C=O) groups excluding carboxylic acids is 2. The standard InChI is InChI=1S/C12H21NO4/c1-7-8-12(5,9(14)16-6)13-10(15)17-11(2,3)4/h7H,1,8H2,2-6H3,(H,13,15)/t12-/m0/s1. The van der Waals surface area contributed by atoms with Crippen LogP contribution in [0, 0.1) is 0 Å². The number of hydrogen-bond donors (Lipinski definition) is 1. The molecule has 0 aromatic heterocycles. The Balaban J connectivity index is 4.71. The molecule has 0 heterocycles. The minimum absolute atomic E-state index is 0.263. The van der Waals surface area contributed by atoms with Gasteiger partial charge in [0.05, 0.1) is 7.11 Å². The van der Waals surface area contributed by atoms with Gasteiger partial charge in [0.1, 0.15) is 11.1 Å². The van der Waals surface area contributed by atoms with Crippen molar-refractivity contribution in [1.29, 1.82) is 0 Å². The SMILES string of the molecule is C=CC[C@](C)(NC(=O)OC(C)(C)C)C(=O)OC. The van der Waals surface area contributed by atoms with Gasteiger partial charge in [-0.2, -0.15) is 0 Å². The van der Waals surface area contributed by atoms with Gasteiger partial charge in [-0.3, -0.25) is 0 Å². The van der Waals surface area contributed by atoms with E-state index in [9.17, 15) is 9.59 Å². The van der Waals surface area contributed by atoms with E-state index >= 15 is 0 Å². The Kier molecular flexibility index (Phi) is 5.19. The number of hydrogen-bond acceptors (Lipinski definition) is 4. The Morgan fingerprint density at radius 3 is 2.18 bits per heavy atom. The Bertz CT molecular complexity index is 306. The van der Waals surface area contributed by atoms with Crippen molar-refractivity contribution in [2.45, 2.75) is 45.3 Å². The summed E-state index contributed by atoms with van der Waals surface area (Å²) < 4.78 is 9.72. The van der Waals surface area contributed by atoms with E-state index < -0.39 is 23.2 Å². The molecule has 0 aromatic rings. The average Bonchev–Trinajstić information content (AvgIpc) is 2.13. The summed E-state index contributed by atoms with van der Waals surface area (Å²) in [5, 5.41) is 2.49. The molecule has 0 aromatic carbocycles. The number of carbonyl (C=O) groups is 2. The van der Waals surface area contributed by atoms with Crippen LogP contribution in [0.25, 0.3) is 0 Å². The van der Waals surface area contributed by atoms with Crippen molar-refractivity contribution < 1.29 is 19.1 Å². The zero-order valence-electron chi connectivity index (χ0n) is 11.1. The molecule has 1 amide bonds. The molecule has 5 nitrogen and oxygen atoms in total. The van der Waals surface area contributed by atoms with E-state index in [1.807, 2.05) is 0 Å². The number of nitrogens with one attached hydrogen (secondary N) is 1. The van der Waals surface area contributed by atoms with Gasteiger partial charge in [-0.25, -0.2) is 9.59 Å². The first-order chi connectivity index (χ1) is 7.64. The minimum Gasteiger partial charge on any atom is -0.467 e. The predicted octanol–water partition coefficient (Wildman–Crippen LogP) is 2.02. The number of alkyl carbamates (subject to hydrolysis) is 1. The van der Waals surface area contributed by atoms with E-state index in [-0.39, 0.29) is 6.42 Å². The number of amides is 1. The Morgan fingerprint density at radius 1 is 1.29 bits per heavy atom. The summed E-state index contributed by atoms with van der Waals surface area (Å²) in [6.45, 7) is 10.3. The fraction of sp³-hybridized carbons (Fsp3) is 0.667. The highest BCUT2D eigenvalue weighted by molar-refractivity contribution is 5.85. The fourth-order valence-electron chi connectivity index (χ4n) is 1.23. The highest BCUT2D eigenvalue weighted by Gasteiger charge is 2.36. The summed E-state index contributed by atoms with van der Waals surface area (Å²) in [6, 6.07) is 0. The maximum absolute atomic E-state index is 11.6. The molecule has 98 valence electrons. The molecular formula is C12H21NO4. The normalized spacial score (nSPS) is 14.4. The van der Waals surface area contributed by atoms with Gasteiger partial charge in [-0.1, -0.05) is 6.08 Å². The second-order valence-electron chi connectivity index (χ2n) is 4.94. The monoisotopic (exact) mass is 243 g/mol. The summed E-state index contributed by atoms with van der Waals surface area (Å²) in [6.07, 6.45) is 1.14. The van der Waals surface area contributed by atoms with Crippen LogP contribution in [0.3, 0.4) is 0 Å². The van der Waals surface area contributed by atoms with E-state index in [1.54, 1.807) is 27.7 Å². The second kappa shape index (κ2) is 5.70. The van der Waals surface area contributed by atoms with Crippen LogP contribution in [0.2, 0.25) is 0 Å². The van der Waals surface area contributed by atoms with Crippen molar-refractivity contribution in [3.63, 3.8) is 0 Å². The van der Waals surface area contributed by atoms with Gasteiger partial charge >= 0.3 is 12.1 Å². The van der Waals surface area contributed by atoms with Crippen LogP contribution in [0.1, 0.15) is 34.1 Å². The minimum atomic E-state index is -1.15. The topological polar surface area (TPSA) is 64.6 Å². The summed E-state index contributed by atoms with van der Waals surface area (Å²) >= 11 is 0. The van der Waals surface area contributed by atoms with Crippen molar-refractivity contribution >= 4 is 12.1 Å². The smallest absolute Gasteiger partial charge is 0.408 e. The first-order valence-corrected chi connectivity index (χ1v) is 5.35. The molecule has 0 saturated heterocycles. The molecule has 5 heteroatoms. The Morgan fingerprint density at radius 2 is 1.82 bits per heavy atom. The van der Waals surface area contributed by atoms with Crippen LogP contribution in [-0.4, -0.2) is 30.3 Å². The number of methoxy groups -OCH3 is 1. The van der Waals surface area contributed by atoms with Crippen molar-refractivity contribution in [2.75, 3.05) is 7.11 Å². The third kappa shape index (κ3) is 5.38. The summed E-state index contributed by atoms with van der Waals surface area (Å²) in [5.41, 5.74) is -1.77. The molecule has 0 rings (SSSR count). The fourth-order valence-corrected chi connectivity index (χ4v) is 1.23. The van der Waals surface area contributed by atoms with Gasteiger partial charge in [-0.15, -0.1) is 6.58 Å². The summed E-state index contributed by atoms with van der Waals surface area (Å²) in [7, 11) is 1.26. The third-order valence-electron chi connectivity index (χ3n) is 1.97. The first-order valence-electron chi connectivity index (χ1n) is 5.35. The summed E-state index contributed by atoms with van der Waals surface area (Å²) in [4.78, 5) is 23.2. The molecule has 0 fully saturated rings. The van der Waals surface area contributed by atoms with Gasteiger partial charge in [0.2, 0.25) is 0 Å². The zero-order chi connectivity index (χ0) is 13.7.